The first-order valence-electron chi connectivity index (χ1n) is 10.1. The highest BCUT2D eigenvalue weighted by Crippen LogP contribution is 2.34. The van der Waals surface area contributed by atoms with Crippen LogP contribution in [0.2, 0.25) is 10.3 Å². The first-order valence-corrected chi connectivity index (χ1v) is 11.8. The van der Waals surface area contributed by atoms with Crippen molar-refractivity contribution in [1.82, 2.24) is 14.9 Å². The Kier molecular flexibility index (Phi) is 6.96. The van der Waals surface area contributed by atoms with Crippen LogP contribution in [-0.4, -0.2) is 45.7 Å². The minimum atomic E-state index is -0.332. The van der Waals surface area contributed by atoms with Crippen molar-refractivity contribution in [1.29, 1.82) is 0 Å². The largest absolute Gasteiger partial charge is 0.320 e. The number of thioether (sulfide) groups is 1. The van der Waals surface area contributed by atoms with Crippen LogP contribution >= 0.6 is 35.0 Å². The number of hydrogen-bond acceptors (Lipinski definition) is 5. The number of piperidine rings is 2. The minimum absolute atomic E-state index is 0.0828. The lowest BCUT2D eigenvalue weighted by atomic mass is 9.85. The number of nitrogens with one attached hydrogen (secondary N) is 1. The predicted octanol–water partition coefficient (Wildman–Crippen LogP) is 5.39. The first kappa shape index (κ1) is 20.9. The average Bonchev–Trinajstić information content (AvgIpc) is 2.73. The zero-order valence-corrected chi connectivity index (χ0v) is 18.4. The van der Waals surface area contributed by atoms with E-state index in [0.29, 0.717) is 5.69 Å². The van der Waals surface area contributed by atoms with E-state index >= 15 is 0 Å². The van der Waals surface area contributed by atoms with Gasteiger partial charge in [0.25, 0.3) is 5.91 Å². The summed E-state index contributed by atoms with van der Waals surface area (Å²) >= 11 is 13.6. The third-order valence-corrected chi connectivity index (χ3v) is 7.36. The molecule has 0 aliphatic carbocycles. The van der Waals surface area contributed by atoms with Crippen LogP contribution in [0.25, 0.3) is 0 Å². The minimum Gasteiger partial charge on any atom is -0.320 e. The zero-order chi connectivity index (χ0) is 20.2. The summed E-state index contributed by atoms with van der Waals surface area (Å²) < 4.78 is 0. The number of nitrogens with zero attached hydrogens (tertiary/aromatic N) is 3. The van der Waals surface area contributed by atoms with Gasteiger partial charge in [-0.25, -0.2) is 9.97 Å². The molecule has 4 heterocycles. The van der Waals surface area contributed by atoms with Crippen molar-refractivity contribution in [2.75, 3.05) is 24.2 Å². The molecule has 29 heavy (non-hydrogen) atoms. The van der Waals surface area contributed by atoms with E-state index in [-0.39, 0.29) is 21.8 Å². The van der Waals surface area contributed by atoms with E-state index in [1.54, 1.807) is 18.3 Å². The van der Waals surface area contributed by atoms with Gasteiger partial charge >= 0.3 is 0 Å². The van der Waals surface area contributed by atoms with Gasteiger partial charge in [-0.3, -0.25) is 4.79 Å². The van der Waals surface area contributed by atoms with Crippen LogP contribution in [0.1, 0.15) is 42.5 Å². The van der Waals surface area contributed by atoms with Gasteiger partial charge in [-0.2, -0.15) is 0 Å². The van der Waals surface area contributed by atoms with Crippen molar-refractivity contribution in [2.24, 2.45) is 5.92 Å². The lowest BCUT2D eigenvalue weighted by molar-refractivity contribution is 0.0693. The predicted molar refractivity (Wildman–Crippen MR) is 119 cm³/mol. The number of halogens is 2. The van der Waals surface area contributed by atoms with Gasteiger partial charge in [-0.15, -0.1) is 11.8 Å². The van der Waals surface area contributed by atoms with Gasteiger partial charge in [0, 0.05) is 11.8 Å². The molecule has 2 aliphatic rings. The van der Waals surface area contributed by atoms with E-state index < -0.39 is 0 Å². The zero-order valence-electron chi connectivity index (χ0n) is 16.1. The Morgan fingerprint density at radius 1 is 1.14 bits per heavy atom. The number of carbonyl (C=O) groups is 1. The number of hydrogen-bond donors (Lipinski definition) is 1. The Morgan fingerprint density at radius 3 is 2.79 bits per heavy atom. The van der Waals surface area contributed by atoms with E-state index in [2.05, 4.69) is 20.2 Å². The quantitative estimate of drug-likeness (QED) is 0.488. The van der Waals surface area contributed by atoms with Crippen LogP contribution in [0, 0.1) is 5.92 Å². The number of rotatable bonds is 5. The van der Waals surface area contributed by atoms with Crippen LogP contribution in [0.15, 0.2) is 35.5 Å². The van der Waals surface area contributed by atoms with Crippen molar-refractivity contribution in [3.63, 3.8) is 0 Å². The van der Waals surface area contributed by atoms with E-state index in [0.717, 1.165) is 22.7 Å². The molecular formula is C21H24Cl2N4OS. The van der Waals surface area contributed by atoms with Crippen molar-refractivity contribution >= 4 is 46.6 Å². The maximum absolute atomic E-state index is 12.4. The summed E-state index contributed by atoms with van der Waals surface area (Å²) in [5.74, 6) is 1.52. The van der Waals surface area contributed by atoms with E-state index in [9.17, 15) is 4.79 Å². The molecule has 154 valence electrons. The fourth-order valence-corrected chi connectivity index (χ4v) is 5.78. The van der Waals surface area contributed by atoms with E-state index in [1.165, 1.54) is 45.2 Å². The third kappa shape index (κ3) is 5.23. The molecule has 2 saturated heterocycles. The van der Waals surface area contributed by atoms with Crippen LogP contribution in [-0.2, 0) is 0 Å². The maximum Gasteiger partial charge on any atom is 0.258 e. The topological polar surface area (TPSA) is 58.1 Å². The Hall–Kier alpha value is -1.34. The second-order valence-corrected chi connectivity index (χ2v) is 9.41. The lowest BCUT2D eigenvalue weighted by Crippen LogP contribution is -2.48. The summed E-state index contributed by atoms with van der Waals surface area (Å²) in [5, 5.41) is 4.13. The third-order valence-electron chi connectivity index (χ3n) is 5.73. The Labute approximate surface area is 185 Å². The summed E-state index contributed by atoms with van der Waals surface area (Å²) in [4.78, 5) is 23.5. The van der Waals surface area contributed by atoms with E-state index in [4.69, 9.17) is 23.2 Å². The number of carbonyl (C=O) groups excluding carboxylic acids is 1. The van der Waals surface area contributed by atoms with Gasteiger partial charge < -0.3 is 10.2 Å². The molecule has 2 fully saturated rings. The molecule has 0 saturated carbocycles. The lowest BCUT2D eigenvalue weighted by Gasteiger charge is -2.44. The molecular weight excluding hydrogens is 427 g/mol. The molecule has 1 N–H and O–H groups in total. The molecule has 1 amide bonds. The van der Waals surface area contributed by atoms with Gasteiger partial charge in [0.2, 0.25) is 0 Å². The van der Waals surface area contributed by atoms with Crippen molar-refractivity contribution < 1.29 is 4.79 Å². The highest BCUT2D eigenvalue weighted by molar-refractivity contribution is 7.99. The molecule has 0 bridgehead atoms. The van der Waals surface area contributed by atoms with Crippen LogP contribution < -0.4 is 5.32 Å². The Bertz CT molecular complexity index is 862. The first-order chi connectivity index (χ1) is 14.1. The summed E-state index contributed by atoms with van der Waals surface area (Å²) in [6, 6.07) is 7.69. The van der Waals surface area contributed by atoms with Crippen LogP contribution in [0.3, 0.4) is 0 Å². The van der Waals surface area contributed by atoms with Gasteiger partial charge in [0.1, 0.15) is 10.3 Å². The van der Waals surface area contributed by atoms with Gasteiger partial charge in [0.15, 0.2) is 0 Å². The standard InChI is InChI=1S/C21H24Cl2N4OS/c22-18-8-7-16(20(23)26-18)21(28)25-15-6-9-19(24-12-15)29-13-14-4-3-11-27-10-2-1-5-17(14)27/h6-9,12,14,17H,1-5,10-11,13H2,(H,25,28)/t14-,17+/m0/s1. The summed E-state index contributed by atoms with van der Waals surface area (Å²) in [5.41, 5.74) is 0.908. The highest BCUT2D eigenvalue weighted by atomic mass is 35.5. The number of aromatic nitrogens is 2. The van der Waals surface area contributed by atoms with Gasteiger partial charge in [-0.1, -0.05) is 29.6 Å². The smallest absolute Gasteiger partial charge is 0.258 e. The summed E-state index contributed by atoms with van der Waals surface area (Å²) in [7, 11) is 0. The Morgan fingerprint density at radius 2 is 2.00 bits per heavy atom. The molecule has 0 unspecified atom stereocenters. The molecule has 2 atom stereocenters. The fraction of sp³-hybridized carbons (Fsp3) is 0.476. The highest BCUT2D eigenvalue weighted by Gasteiger charge is 2.32. The molecule has 5 nitrogen and oxygen atoms in total. The van der Waals surface area contributed by atoms with Crippen LogP contribution in [0.5, 0.6) is 0 Å². The monoisotopic (exact) mass is 450 g/mol. The molecule has 2 aromatic rings. The molecule has 4 rings (SSSR count). The number of pyridine rings is 2. The maximum atomic E-state index is 12.4. The molecule has 2 aliphatic heterocycles. The molecule has 8 heteroatoms. The second-order valence-electron chi connectivity index (χ2n) is 7.62. The van der Waals surface area contributed by atoms with Gasteiger partial charge in [-0.05, 0) is 69.0 Å². The second kappa shape index (κ2) is 9.65. The normalized spacial score (nSPS) is 22.1. The number of fused-ring (bicyclic) bond motifs is 1. The fourth-order valence-electron chi connectivity index (χ4n) is 4.28. The summed E-state index contributed by atoms with van der Waals surface area (Å²) in [6.45, 7) is 2.54. The van der Waals surface area contributed by atoms with Gasteiger partial charge in [0.05, 0.1) is 22.5 Å². The number of amides is 1. The average molecular weight is 451 g/mol. The molecule has 0 radical (unpaired) electrons. The summed E-state index contributed by atoms with van der Waals surface area (Å²) in [6.07, 6.45) is 8.36. The van der Waals surface area contributed by atoms with Crippen LogP contribution in [0.4, 0.5) is 5.69 Å². The van der Waals surface area contributed by atoms with E-state index in [1.807, 2.05) is 23.9 Å². The Balaban J connectivity index is 1.32. The molecule has 2 aromatic heterocycles. The van der Waals surface area contributed by atoms with Crippen molar-refractivity contribution in [2.45, 2.75) is 43.2 Å². The number of anilines is 1. The molecule has 0 spiro atoms. The van der Waals surface area contributed by atoms with Crippen molar-refractivity contribution in [3.8, 4) is 0 Å². The molecule has 0 aromatic carbocycles. The van der Waals surface area contributed by atoms with Crippen molar-refractivity contribution in [3.05, 3.63) is 46.3 Å². The SMILES string of the molecule is O=C(Nc1ccc(SC[C@@H]2CCCN3CCCC[C@H]23)nc1)c1ccc(Cl)nc1Cl.